The molecule has 0 saturated heterocycles. The molecule has 0 aliphatic heterocycles. The molecule has 0 spiro atoms. The van der Waals surface area contributed by atoms with Gasteiger partial charge in [-0.25, -0.2) is 4.98 Å². The maximum absolute atomic E-state index is 5.77. The maximum Gasteiger partial charge on any atom is 0.139 e. The normalized spacial score (nSPS) is 10.4. The fraction of sp³-hybridized carbons (Fsp3) is 0.429. The zero-order valence-corrected chi connectivity index (χ0v) is 11.0. The molecular weight excluding hydrogens is 210 g/mol. The summed E-state index contributed by atoms with van der Waals surface area (Å²) in [7, 11) is 2.03. The Bertz CT molecular complexity index is 303. The molecule has 6 radical (unpaired) electrons. The predicted molar refractivity (Wildman–Crippen MR) is 60.2 cm³/mol. The Morgan fingerprint density at radius 1 is 0.846 bits per heavy atom. The summed E-state index contributed by atoms with van der Waals surface area (Å²) in [6, 6.07) is 0. The molecule has 0 atom stereocenters. The van der Waals surface area contributed by atoms with Gasteiger partial charge >= 0.3 is 0 Å². The van der Waals surface area contributed by atoms with E-state index in [4.69, 9.17) is 5.73 Å². The van der Waals surface area contributed by atoms with E-state index in [9.17, 15) is 0 Å². The monoisotopic (exact) mass is 221 g/mol. The van der Waals surface area contributed by atoms with Crippen LogP contribution >= 0.6 is 0 Å². The zero-order valence-electron chi connectivity index (χ0n) is 7.97. The molecule has 1 aromatic rings. The molecule has 2 N–H and O–H groups in total. The number of nitrogen functional groups attached to an aromatic ring is 1. The highest BCUT2D eigenvalue weighted by atomic mass is 28.2. The second-order valence-electron chi connectivity index (χ2n) is 2.40. The summed E-state index contributed by atoms with van der Waals surface area (Å²) in [5.74, 6) is 0.618. The van der Waals surface area contributed by atoms with Crippen LogP contribution in [0.2, 0.25) is 19.6 Å². The first-order chi connectivity index (χ1) is 6.22. The van der Waals surface area contributed by atoms with Crippen molar-refractivity contribution < 1.29 is 0 Å². The Morgan fingerprint density at radius 2 is 1.31 bits per heavy atom. The SMILES string of the molecule is C[Si]c1nc([Si]C)c([Si]C)nc1N. The Balaban J connectivity index is 3.18. The van der Waals surface area contributed by atoms with Gasteiger partial charge in [-0.05, 0) is 0 Å². The van der Waals surface area contributed by atoms with Crippen LogP contribution in [0.3, 0.4) is 0 Å². The molecule has 66 valence electrons. The number of aromatic nitrogens is 2. The van der Waals surface area contributed by atoms with Crippen molar-refractivity contribution in [2.45, 2.75) is 19.6 Å². The average Bonchev–Trinajstić information content (AvgIpc) is 2.17. The highest BCUT2D eigenvalue weighted by molar-refractivity contribution is 6.64. The van der Waals surface area contributed by atoms with Crippen molar-refractivity contribution in [3.8, 4) is 0 Å². The molecule has 6 heteroatoms. The lowest BCUT2D eigenvalue weighted by Crippen LogP contribution is -2.45. The van der Waals surface area contributed by atoms with Gasteiger partial charge in [-0.1, -0.05) is 19.6 Å². The van der Waals surface area contributed by atoms with E-state index in [0.717, 1.165) is 16.0 Å². The zero-order chi connectivity index (χ0) is 9.84. The number of rotatable bonds is 3. The number of hydrogen-bond donors (Lipinski definition) is 1. The summed E-state index contributed by atoms with van der Waals surface area (Å²) in [6.07, 6.45) is 0. The summed E-state index contributed by atoms with van der Waals surface area (Å²) in [4.78, 5) is 8.90. The first-order valence-corrected chi connectivity index (χ1v) is 8.43. The molecule has 13 heavy (non-hydrogen) atoms. The van der Waals surface area contributed by atoms with Crippen LogP contribution in [0.25, 0.3) is 0 Å². The van der Waals surface area contributed by atoms with Crippen molar-refractivity contribution >= 4 is 50.3 Å². The van der Waals surface area contributed by atoms with E-state index in [0.29, 0.717) is 34.4 Å². The summed E-state index contributed by atoms with van der Waals surface area (Å²) in [5, 5.41) is 3.19. The highest BCUT2D eigenvalue weighted by Crippen LogP contribution is 1.82. The summed E-state index contributed by atoms with van der Waals surface area (Å²) < 4.78 is 0. The molecule has 1 rings (SSSR count). The van der Waals surface area contributed by atoms with Gasteiger partial charge in [0.2, 0.25) is 0 Å². The van der Waals surface area contributed by atoms with Gasteiger partial charge in [-0.2, -0.15) is 0 Å². The van der Waals surface area contributed by atoms with Gasteiger partial charge in [-0.3, -0.25) is 4.98 Å². The molecule has 0 aromatic carbocycles. The molecule has 1 heterocycles. The Labute approximate surface area is 86.0 Å². The van der Waals surface area contributed by atoms with E-state index in [-0.39, 0.29) is 0 Å². The fourth-order valence-corrected chi connectivity index (χ4v) is 3.42. The van der Waals surface area contributed by atoms with Gasteiger partial charge in [0.05, 0.1) is 5.32 Å². The predicted octanol–water partition coefficient (Wildman–Crippen LogP) is -1.81. The van der Waals surface area contributed by atoms with E-state index in [1.54, 1.807) is 0 Å². The first kappa shape index (κ1) is 10.6. The van der Waals surface area contributed by atoms with E-state index in [2.05, 4.69) is 29.6 Å². The van der Waals surface area contributed by atoms with E-state index >= 15 is 0 Å². The summed E-state index contributed by atoms with van der Waals surface area (Å²) >= 11 is 0. The molecule has 3 nitrogen and oxygen atoms in total. The molecule has 0 saturated carbocycles. The molecule has 0 bridgehead atoms. The van der Waals surface area contributed by atoms with Crippen LogP contribution in [0.15, 0.2) is 0 Å². The van der Waals surface area contributed by atoms with Crippen molar-refractivity contribution in [2.75, 3.05) is 5.73 Å². The van der Waals surface area contributed by atoms with Gasteiger partial charge < -0.3 is 5.73 Å². The molecular formula is C7H11N3Si3. The van der Waals surface area contributed by atoms with Crippen LogP contribution in [0.1, 0.15) is 0 Å². The Morgan fingerprint density at radius 3 is 1.77 bits per heavy atom. The van der Waals surface area contributed by atoms with Crippen LogP contribution in [-0.2, 0) is 0 Å². The number of hydrogen-bond acceptors (Lipinski definition) is 3. The lowest BCUT2D eigenvalue weighted by Gasteiger charge is -2.07. The van der Waals surface area contributed by atoms with Crippen LogP contribution in [0.5, 0.6) is 0 Å². The molecule has 0 aliphatic carbocycles. The minimum absolute atomic E-state index is 0.618. The second-order valence-corrected chi connectivity index (χ2v) is 5.33. The largest absolute Gasteiger partial charge is 0.383 e. The van der Waals surface area contributed by atoms with E-state index in [1.165, 1.54) is 0 Å². The maximum atomic E-state index is 5.77. The number of anilines is 1. The van der Waals surface area contributed by atoms with Crippen LogP contribution < -0.4 is 21.7 Å². The van der Waals surface area contributed by atoms with Gasteiger partial charge in [0, 0.05) is 10.6 Å². The van der Waals surface area contributed by atoms with Crippen LogP contribution in [0.4, 0.5) is 5.82 Å². The van der Waals surface area contributed by atoms with Crippen molar-refractivity contribution in [1.29, 1.82) is 0 Å². The van der Waals surface area contributed by atoms with Crippen molar-refractivity contribution in [2.24, 2.45) is 0 Å². The highest BCUT2D eigenvalue weighted by Gasteiger charge is 2.08. The van der Waals surface area contributed by atoms with Crippen LogP contribution in [0, 0.1) is 0 Å². The quantitative estimate of drug-likeness (QED) is 0.612. The third-order valence-corrected chi connectivity index (χ3v) is 4.37. The smallest absolute Gasteiger partial charge is 0.139 e. The van der Waals surface area contributed by atoms with Gasteiger partial charge in [-0.15, -0.1) is 0 Å². The first-order valence-electron chi connectivity index (χ1n) is 3.93. The molecule has 1 aromatic heterocycles. The van der Waals surface area contributed by atoms with Gasteiger partial charge in [0.1, 0.15) is 34.4 Å². The third-order valence-electron chi connectivity index (χ3n) is 1.63. The summed E-state index contributed by atoms with van der Waals surface area (Å²) in [6.45, 7) is 6.32. The third kappa shape index (κ3) is 2.26. The average molecular weight is 221 g/mol. The molecule has 0 aliphatic rings. The Kier molecular flexibility index (Phi) is 3.82. The van der Waals surface area contributed by atoms with E-state index in [1.807, 2.05) is 0 Å². The Hall–Kier alpha value is -0.469. The second kappa shape index (κ2) is 4.68. The molecule has 0 unspecified atom stereocenters. The number of nitrogens with two attached hydrogens (primary N) is 1. The van der Waals surface area contributed by atoms with Crippen molar-refractivity contribution in [1.82, 2.24) is 9.97 Å². The fourth-order valence-electron chi connectivity index (χ4n) is 0.981. The minimum atomic E-state index is 0.618. The van der Waals surface area contributed by atoms with Crippen LogP contribution in [-0.4, -0.2) is 38.5 Å². The molecule has 0 amide bonds. The minimum Gasteiger partial charge on any atom is -0.383 e. The van der Waals surface area contributed by atoms with Crippen molar-refractivity contribution in [3.63, 3.8) is 0 Å². The lowest BCUT2D eigenvalue weighted by molar-refractivity contribution is 1.33. The molecule has 0 fully saturated rings. The van der Waals surface area contributed by atoms with Gasteiger partial charge in [0.15, 0.2) is 0 Å². The standard InChI is InChI=1S/C7H11N3Si3/c1-11-5-4(8)9-6(12-2)7(10-5)13-3/h1-3H3,(H2,8,9). The van der Waals surface area contributed by atoms with Gasteiger partial charge in [0.25, 0.3) is 0 Å². The topological polar surface area (TPSA) is 51.8 Å². The van der Waals surface area contributed by atoms with Crippen molar-refractivity contribution in [3.05, 3.63) is 0 Å². The van der Waals surface area contributed by atoms with E-state index < -0.39 is 0 Å². The lowest BCUT2D eigenvalue weighted by atomic mass is 10.7. The summed E-state index contributed by atoms with van der Waals surface area (Å²) in [5.41, 5.74) is 5.77. The number of nitrogens with zero attached hydrogens (tertiary/aromatic N) is 2.